The van der Waals surface area contributed by atoms with Crippen molar-refractivity contribution in [2.75, 3.05) is 26.7 Å². The number of nitrogens with zero attached hydrogens (tertiary/aromatic N) is 4. The van der Waals surface area contributed by atoms with Gasteiger partial charge < -0.3 is 15.3 Å². The molecule has 9 nitrogen and oxygen atoms in total. The average Bonchev–Trinajstić information content (AvgIpc) is 2.82. The Morgan fingerprint density at radius 2 is 1.82 bits per heavy atom. The van der Waals surface area contributed by atoms with Crippen molar-refractivity contribution in [1.82, 2.24) is 25.1 Å². The first-order chi connectivity index (χ1) is 16.0. The molecule has 1 saturated carbocycles. The smallest absolute Gasteiger partial charge is 0.333 e. The Labute approximate surface area is 195 Å². The zero-order valence-electron chi connectivity index (χ0n) is 19.4. The van der Waals surface area contributed by atoms with E-state index >= 15 is 0 Å². The molecule has 2 heterocycles. The molecule has 2 atom stereocenters. The molecular weight excluding hydrogens is 422 g/mol. The van der Waals surface area contributed by atoms with Crippen molar-refractivity contribution in [3.8, 4) is 0 Å². The molecule has 2 N–H and O–H groups in total. The third-order valence-corrected chi connectivity index (χ3v) is 7.18. The summed E-state index contributed by atoms with van der Waals surface area (Å²) in [5.41, 5.74) is 1.02. The van der Waals surface area contributed by atoms with Gasteiger partial charge in [-0.1, -0.05) is 49.6 Å². The molecule has 0 spiro atoms. The molecule has 9 heteroatoms. The molecule has 0 bridgehead atoms. The molecule has 2 aliphatic heterocycles. The number of likely N-dealkylation sites (N-methyl/N-ethyl adjacent to an activating group) is 1. The Bertz CT molecular complexity index is 845. The number of piperazine rings is 1. The zero-order chi connectivity index (χ0) is 23.4. The summed E-state index contributed by atoms with van der Waals surface area (Å²) in [4.78, 5) is 42.1. The Kier molecular flexibility index (Phi) is 7.49. The average molecular weight is 458 g/mol. The lowest BCUT2D eigenvalue weighted by molar-refractivity contribution is -0.179. The van der Waals surface area contributed by atoms with Crippen molar-refractivity contribution < 1.29 is 19.5 Å². The summed E-state index contributed by atoms with van der Waals surface area (Å²) in [6, 6.07) is 9.22. The number of hydrogen-bond acceptors (Lipinski definition) is 5. The van der Waals surface area contributed by atoms with Crippen LogP contribution in [0.1, 0.15) is 50.5 Å². The van der Waals surface area contributed by atoms with Crippen LogP contribution in [0, 0.1) is 0 Å². The highest BCUT2D eigenvalue weighted by atomic mass is 16.4. The molecule has 3 fully saturated rings. The van der Waals surface area contributed by atoms with Gasteiger partial charge in [-0.3, -0.25) is 14.5 Å². The van der Waals surface area contributed by atoms with E-state index in [9.17, 15) is 19.5 Å². The van der Waals surface area contributed by atoms with Crippen LogP contribution in [0.5, 0.6) is 0 Å². The van der Waals surface area contributed by atoms with Crippen molar-refractivity contribution in [2.45, 2.75) is 69.7 Å². The number of amides is 3. The minimum atomic E-state index is -0.902. The van der Waals surface area contributed by atoms with Gasteiger partial charge in [0.05, 0.1) is 12.6 Å². The van der Waals surface area contributed by atoms with Gasteiger partial charge in [0.15, 0.2) is 0 Å². The molecule has 0 aromatic heterocycles. The second kappa shape index (κ2) is 10.5. The molecule has 2 saturated heterocycles. The number of carboxylic acid groups (broad SMARTS) is 1. The molecule has 4 rings (SSSR count). The molecule has 1 aliphatic carbocycles. The first-order valence-corrected chi connectivity index (χ1v) is 12.1. The third-order valence-electron chi connectivity index (χ3n) is 7.18. The maximum atomic E-state index is 13.5. The third kappa shape index (κ3) is 5.30. The molecular formula is C24H35N5O4. The second-order valence-electron chi connectivity index (χ2n) is 9.32. The van der Waals surface area contributed by atoms with Crippen LogP contribution >= 0.6 is 0 Å². The largest absolute Gasteiger partial charge is 0.481 e. The topological polar surface area (TPSA) is 96.4 Å². The number of carboxylic acids is 1. The van der Waals surface area contributed by atoms with Crippen LogP contribution in [0.3, 0.4) is 0 Å². The summed E-state index contributed by atoms with van der Waals surface area (Å²) in [6.45, 7) is 2.09. The fourth-order valence-electron chi connectivity index (χ4n) is 5.45. The SMILES string of the molecule is CN1CCN2[C@@H](CCC(=O)O)C(=O)N(C3CCCCC3)C[C@@H]2N1C(=O)NCc1ccccc1. The van der Waals surface area contributed by atoms with Crippen LogP contribution < -0.4 is 5.32 Å². The Morgan fingerprint density at radius 1 is 1.09 bits per heavy atom. The number of hydrogen-bond donors (Lipinski definition) is 2. The fraction of sp³-hybridized carbons (Fsp3) is 0.625. The molecule has 180 valence electrons. The molecule has 1 aromatic rings. The molecule has 1 aromatic carbocycles. The van der Waals surface area contributed by atoms with E-state index in [0.29, 0.717) is 26.2 Å². The molecule has 3 amide bonds. The highest BCUT2D eigenvalue weighted by Gasteiger charge is 2.49. The second-order valence-corrected chi connectivity index (χ2v) is 9.32. The predicted molar refractivity (Wildman–Crippen MR) is 123 cm³/mol. The van der Waals surface area contributed by atoms with Crippen molar-refractivity contribution in [3.63, 3.8) is 0 Å². The van der Waals surface area contributed by atoms with Gasteiger partial charge in [0.25, 0.3) is 0 Å². The van der Waals surface area contributed by atoms with Crippen molar-refractivity contribution >= 4 is 17.9 Å². The number of carbonyl (C=O) groups excluding carboxylic acids is 2. The maximum Gasteiger partial charge on any atom is 0.333 e. The van der Waals surface area contributed by atoms with E-state index in [0.717, 1.165) is 31.2 Å². The van der Waals surface area contributed by atoms with Crippen LogP contribution in [0.15, 0.2) is 30.3 Å². The summed E-state index contributed by atoms with van der Waals surface area (Å²) in [6.07, 6.45) is 5.23. The summed E-state index contributed by atoms with van der Waals surface area (Å²) in [5, 5.41) is 15.9. The number of fused-ring (bicyclic) bond motifs is 1. The number of aliphatic carboxylic acids is 1. The predicted octanol–water partition coefficient (Wildman–Crippen LogP) is 2.10. The number of urea groups is 1. The summed E-state index contributed by atoms with van der Waals surface area (Å²) in [7, 11) is 1.90. The normalized spacial score (nSPS) is 25.1. The minimum Gasteiger partial charge on any atom is -0.481 e. The first kappa shape index (κ1) is 23.5. The van der Waals surface area contributed by atoms with Crippen LogP contribution in [-0.2, 0) is 16.1 Å². The monoisotopic (exact) mass is 457 g/mol. The van der Waals surface area contributed by atoms with Crippen LogP contribution in [0.4, 0.5) is 4.79 Å². The molecule has 0 radical (unpaired) electrons. The molecule has 0 unspecified atom stereocenters. The summed E-state index contributed by atoms with van der Waals surface area (Å²) in [5.74, 6) is -0.880. The van der Waals surface area contributed by atoms with Crippen molar-refractivity contribution in [2.24, 2.45) is 0 Å². The van der Waals surface area contributed by atoms with Gasteiger partial charge in [-0.25, -0.2) is 14.8 Å². The van der Waals surface area contributed by atoms with Gasteiger partial charge in [0, 0.05) is 39.1 Å². The minimum absolute atomic E-state index is 0.0218. The van der Waals surface area contributed by atoms with E-state index in [1.165, 1.54) is 6.42 Å². The molecule has 33 heavy (non-hydrogen) atoms. The van der Waals surface area contributed by atoms with Gasteiger partial charge in [0.2, 0.25) is 5.91 Å². The van der Waals surface area contributed by atoms with E-state index < -0.39 is 12.0 Å². The van der Waals surface area contributed by atoms with E-state index in [1.807, 2.05) is 52.2 Å². The summed E-state index contributed by atoms with van der Waals surface area (Å²) < 4.78 is 0. The van der Waals surface area contributed by atoms with E-state index in [1.54, 1.807) is 5.01 Å². The van der Waals surface area contributed by atoms with Crippen LogP contribution in [0.25, 0.3) is 0 Å². The lowest BCUT2D eigenvalue weighted by Gasteiger charge is -2.56. The van der Waals surface area contributed by atoms with Gasteiger partial charge in [-0.05, 0) is 24.8 Å². The number of carbonyl (C=O) groups is 3. The lowest BCUT2D eigenvalue weighted by atomic mass is 9.91. The molecule has 3 aliphatic rings. The Hall–Kier alpha value is -2.65. The Morgan fingerprint density at radius 3 is 2.52 bits per heavy atom. The van der Waals surface area contributed by atoms with Crippen molar-refractivity contribution in [3.05, 3.63) is 35.9 Å². The van der Waals surface area contributed by atoms with Crippen LogP contribution in [-0.4, -0.2) is 87.8 Å². The number of hydrazine groups is 1. The van der Waals surface area contributed by atoms with Crippen molar-refractivity contribution in [1.29, 1.82) is 0 Å². The first-order valence-electron chi connectivity index (χ1n) is 12.1. The number of nitrogens with one attached hydrogen (secondary N) is 1. The standard InChI is InChI=1S/C24H35N5O4/c1-26-14-15-27-20(12-13-22(30)31)23(32)28(19-10-6-3-7-11-19)17-21(27)29(26)24(33)25-16-18-8-4-2-5-9-18/h2,4-5,8-9,19-21H,3,6-7,10-17H2,1H3,(H,25,33)(H,30,31)/t20-,21-/m0/s1. The van der Waals surface area contributed by atoms with Gasteiger partial charge in [-0.15, -0.1) is 0 Å². The fourth-order valence-corrected chi connectivity index (χ4v) is 5.45. The quantitative estimate of drug-likeness (QED) is 0.679. The highest BCUT2D eigenvalue weighted by Crippen LogP contribution is 2.32. The van der Waals surface area contributed by atoms with Gasteiger partial charge in [0.1, 0.15) is 6.17 Å². The van der Waals surface area contributed by atoms with Gasteiger partial charge >= 0.3 is 12.0 Å². The van der Waals surface area contributed by atoms with Gasteiger partial charge in [-0.2, -0.15) is 0 Å². The summed E-state index contributed by atoms with van der Waals surface area (Å²) >= 11 is 0. The highest BCUT2D eigenvalue weighted by molar-refractivity contribution is 5.84. The Balaban J connectivity index is 1.55. The van der Waals surface area contributed by atoms with E-state index in [4.69, 9.17) is 0 Å². The van der Waals surface area contributed by atoms with E-state index in [-0.39, 0.29) is 37.0 Å². The van der Waals surface area contributed by atoms with E-state index in [2.05, 4.69) is 5.32 Å². The zero-order valence-corrected chi connectivity index (χ0v) is 19.4. The van der Waals surface area contributed by atoms with Crippen LogP contribution in [0.2, 0.25) is 0 Å². The lowest BCUT2D eigenvalue weighted by Crippen LogP contribution is -2.75. The number of rotatable bonds is 6. The maximum absolute atomic E-state index is 13.5. The number of benzene rings is 1.